The maximum absolute atomic E-state index is 13.8. The van der Waals surface area contributed by atoms with Gasteiger partial charge in [-0.05, 0) is 17.2 Å². The van der Waals surface area contributed by atoms with Gasteiger partial charge in [-0.1, -0.05) is 48.5 Å². The van der Waals surface area contributed by atoms with Crippen LogP contribution in [0.4, 0.5) is 9.18 Å². The van der Waals surface area contributed by atoms with E-state index in [0.717, 1.165) is 5.56 Å². The van der Waals surface area contributed by atoms with Crippen molar-refractivity contribution in [3.05, 3.63) is 71.5 Å². The maximum Gasteiger partial charge on any atom is 0.317 e. The molecule has 0 atom stereocenters. The molecule has 4 amide bonds. The van der Waals surface area contributed by atoms with Crippen LogP contribution in [0.3, 0.4) is 0 Å². The smallest absolute Gasteiger partial charge is 0.317 e. The number of hydrogen-bond donors (Lipinski definition) is 1. The first-order valence-electron chi connectivity index (χ1n) is 10.8. The van der Waals surface area contributed by atoms with Crippen LogP contribution < -0.4 is 5.32 Å². The number of hydrogen-bond acceptors (Lipinski definition) is 3. The molecule has 2 aromatic rings. The summed E-state index contributed by atoms with van der Waals surface area (Å²) in [5.74, 6) is -0.581. The normalized spacial score (nSPS) is 13.6. The molecule has 3 rings (SSSR count). The molecular weight excluding hydrogens is 411 g/mol. The van der Waals surface area contributed by atoms with Crippen LogP contribution in [0.5, 0.6) is 0 Å². The Kier molecular flexibility index (Phi) is 8.19. The van der Waals surface area contributed by atoms with Crippen LogP contribution >= 0.6 is 0 Å². The molecule has 1 fully saturated rings. The van der Waals surface area contributed by atoms with E-state index in [1.165, 1.54) is 6.07 Å². The second-order valence-corrected chi connectivity index (χ2v) is 7.85. The minimum atomic E-state index is -0.386. The summed E-state index contributed by atoms with van der Waals surface area (Å²) >= 11 is 0. The number of amides is 4. The van der Waals surface area contributed by atoms with Crippen molar-refractivity contribution in [2.45, 2.75) is 19.4 Å². The molecule has 0 aromatic heterocycles. The van der Waals surface area contributed by atoms with Crippen molar-refractivity contribution in [3.63, 3.8) is 0 Å². The van der Waals surface area contributed by atoms with Gasteiger partial charge in [-0.3, -0.25) is 9.59 Å². The van der Waals surface area contributed by atoms with E-state index in [0.29, 0.717) is 38.3 Å². The summed E-state index contributed by atoms with van der Waals surface area (Å²) in [6.45, 7) is 2.38. The van der Waals surface area contributed by atoms with E-state index < -0.39 is 0 Å². The lowest BCUT2D eigenvalue weighted by Gasteiger charge is -2.34. The lowest BCUT2D eigenvalue weighted by Crippen LogP contribution is -2.53. The van der Waals surface area contributed by atoms with Gasteiger partial charge in [-0.25, -0.2) is 9.18 Å². The first-order valence-corrected chi connectivity index (χ1v) is 10.8. The van der Waals surface area contributed by atoms with Gasteiger partial charge in [0, 0.05) is 52.7 Å². The van der Waals surface area contributed by atoms with E-state index in [-0.39, 0.29) is 43.0 Å². The zero-order valence-corrected chi connectivity index (χ0v) is 18.3. The summed E-state index contributed by atoms with van der Waals surface area (Å²) in [7, 11) is 1.74. The third kappa shape index (κ3) is 6.54. The number of urea groups is 1. The average Bonchev–Trinajstić information content (AvgIpc) is 2.81. The van der Waals surface area contributed by atoms with Crippen LogP contribution in [-0.4, -0.2) is 72.3 Å². The molecule has 32 heavy (non-hydrogen) atoms. The van der Waals surface area contributed by atoms with Crippen molar-refractivity contribution in [1.29, 1.82) is 0 Å². The van der Waals surface area contributed by atoms with Crippen LogP contribution in [-0.2, 0) is 22.6 Å². The van der Waals surface area contributed by atoms with Gasteiger partial charge < -0.3 is 20.0 Å². The highest BCUT2D eigenvalue weighted by atomic mass is 19.1. The Morgan fingerprint density at radius 3 is 2.25 bits per heavy atom. The van der Waals surface area contributed by atoms with Gasteiger partial charge in [-0.15, -0.1) is 0 Å². The molecule has 2 aromatic carbocycles. The second kappa shape index (κ2) is 11.3. The molecule has 0 saturated carbocycles. The Labute approximate surface area is 187 Å². The Bertz CT molecular complexity index is 930. The van der Waals surface area contributed by atoms with Crippen LogP contribution in [0, 0.1) is 5.82 Å². The second-order valence-electron chi connectivity index (χ2n) is 7.85. The zero-order valence-electron chi connectivity index (χ0n) is 18.3. The Morgan fingerprint density at radius 1 is 0.938 bits per heavy atom. The van der Waals surface area contributed by atoms with E-state index in [2.05, 4.69) is 5.32 Å². The Morgan fingerprint density at radius 2 is 1.56 bits per heavy atom. The minimum Gasteiger partial charge on any atom is -0.341 e. The first-order chi connectivity index (χ1) is 15.4. The van der Waals surface area contributed by atoms with Crippen molar-refractivity contribution in [3.8, 4) is 0 Å². The lowest BCUT2D eigenvalue weighted by atomic mass is 10.1. The van der Waals surface area contributed by atoms with Crippen molar-refractivity contribution in [2.75, 3.05) is 39.8 Å². The highest BCUT2D eigenvalue weighted by Crippen LogP contribution is 2.11. The van der Waals surface area contributed by atoms with Gasteiger partial charge in [-0.2, -0.15) is 0 Å². The number of carbonyl (C=O) groups excluding carboxylic acids is 3. The standard InChI is InChI=1S/C24H29FN4O3/c1-27(18-19-7-3-2-4-8-19)22(30)11-12-26-24(32)29-15-13-28(14-16-29)23(31)17-20-9-5-6-10-21(20)25/h2-10H,11-18H2,1H3,(H,26,32). The van der Waals surface area contributed by atoms with E-state index in [1.54, 1.807) is 39.9 Å². The number of rotatable bonds is 7. The number of benzene rings is 2. The quantitative estimate of drug-likeness (QED) is 0.718. The molecule has 7 nitrogen and oxygen atoms in total. The summed E-state index contributed by atoms with van der Waals surface area (Å²) in [4.78, 5) is 42.0. The molecule has 1 aliphatic rings. The third-order valence-electron chi connectivity index (χ3n) is 5.52. The zero-order chi connectivity index (χ0) is 22.9. The van der Waals surface area contributed by atoms with E-state index in [1.807, 2.05) is 30.3 Å². The Balaban J connectivity index is 1.36. The van der Waals surface area contributed by atoms with Crippen LogP contribution in [0.2, 0.25) is 0 Å². The van der Waals surface area contributed by atoms with Crippen molar-refractivity contribution in [1.82, 2.24) is 20.0 Å². The number of carbonyl (C=O) groups is 3. The summed E-state index contributed by atoms with van der Waals surface area (Å²) in [6.07, 6.45) is 0.230. The number of halogens is 1. The van der Waals surface area contributed by atoms with E-state index in [9.17, 15) is 18.8 Å². The minimum absolute atomic E-state index is 0.0114. The summed E-state index contributed by atoms with van der Waals surface area (Å²) in [5, 5.41) is 2.78. The number of nitrogens with one attached hydrogen (secondary N) is 1. The number of piperazine rings is 1. The van der Waals surface area contributed by atoms with E-state index >= 15 is 0 Å². The molecule has 1 N–H and O–H groups in total. The van der Waals surface area contributed by atoms with Gasteiger partial charge in [0.05, 0.1) is 6.42 Å². The summed E-state index contributed by atoms with van der Waals surface area (Å²) in [5.41, 5.74) is 1.43. The van der Waals surface area contributed by atoms with E-state index in [4.69, 9.17) is 0 Å². The summed E-state index contributed by atoms with van der Waals surface area (Å²) < 4.78 is 13.8. The van der Waals surface area contributed by atoms with Gasteiger partial charge >= 0.3 is 6.03 Å². The number of nitrogens with zero attached hydrogens (tertiary/aromatic N) is 3. The molecule has 0 spiro atoms. The fourth-order valence-corrected chi connectivity index (χ4v) is 3.60. The van der Waals surface area contributed by atoms with Gasteiger partial charge in [0.15, 0.2) is 0 Å². The fourth-order valence-electron chi connectivity index (χ4n) is 3.60. The first kappa shape index (κ1) is 23.2. The van der Waals surface area contributed by atoms with Gasteiger partial charge in [0.25, 0.3) is 0 Å². The molecular formula is C24H29FN4O3. The molecule has 170 valence electrons. The predicted molar refractivity (Wildman–Crippen MR) is 119 cm³/mol. The topological polar surface area (TPSA) is 73.0 Å². The summed E-state index contributed by atoms with van der Waals surface area (Å²) in [6, 6.07) is 15.7. The van der Waals surface area contributed by atoms with Crippen LogP contribution in [0.15, 0.2) is 54.6 Å². The van der Waals surface area contributed by atoms with Crippen molar-refractivity contribution >= 4 is 17.8 Å². The molecule has 1 saturated heterocycles. The van der Waals surface area contributed by atoms with Gasteiger partial charge in [0.2, 0.25) is 11.8 Å². The molecule has 8 heteroatoms. The maximum atomic E-state index is 13.8. The third-order valence-corrected chi connectivity index (χ3v) is 5.52. The van der Waals surface area contributed by atoms with Crippen molar-refractivity contribution in [2.24, 2.45) is 0 Å². The van der Waals surface area contributed by atoms with Crippen LogP contribution in [0.25, 0.3) is 0 Å². The molecule has 0 bridgehead atoms. The van der Waals surface area contributed by atoms with Gasteiger partial charge in [0.1, 0.15) is 5.82 Å². The fraction of sp³-hybridized carbons (Fsp3) is 0.375. The highest BCUT2D eigenvalue weighted by molar-refractivity contribution is 5.80. The van der Waals surface area contributed by atoms with Crippen molar-refractivity contribution < 1.29 is 18.8 Å². The lowest BCUT2D eigenvalue weighted by molar-refractivity contribution is -0.132. The SMILES string of the molecule is CN(Cc1ccccc1)C(=O)CCNC(=O)N1CCN(C(=O)Cc2ccccc2F)CC1. The molecule has 0 unspecified atom stereocenters. The largest absolute Gasteiger partial charge is 0.341 e. The molecule has 1 aliphatic heterocycles. The molecule has 0 radical (unpaired) electrons. The molecule has 0 aliphatic carbocycles. The average molecular weight is 441 g/mol. The molecule has 1 heterocycles. The Hall–Kier alpha value is -3.42. The predicted octanol–water partition coefficient (Wildman–Crippen LogP) is 2.27. The highest BCUT2D eigenvalue weighted by Gasteiger charge is 2.24. The monoisotopic (exact) mass is 440 g/mol. The van der Waals surface area contributed by atoms with Crippen LogP contribution in [0.1, 0.15) is 17.5 Å².